The molecule has 7 aromatic rings. The molecule has 2 aromatic heterocycles. The smallest absolute Gasteiger partial charge is 0.406 e. The highest BCUT2D eigenvalue weighted by molar-refractivity contribution is 6.06. The molecule has 5 aromatic carbocycles. The summed E-state index contributed by atoms with van der Waals surface area (Å²) >= 11 is 0. The van der Waals surface area contributed by atoms with Gasteiger partial charge < -0.3 is 20.2 Å². The van der Waals surface area contributed by atoms with Crippen LogP contribution in [0.15, 0.2) is 84.9 Å². The van der Waals surface area contributed by atoms with E-state index in [0.717, 1.165) is 89.1 Å². The molecule has 294 valence electrons. The summed E-state index contributed by atoms with van der Waals surface area (Å²) < 4.78 is 0. The average Bonchev–Trinajstić information content (AvgIpc) is 3.98. The quantitative estimate of drug-likeness (QED) is 0.109. The Hall–Kier alpha value is -7.48. The zero-order valence-corrected chi connectivity index (χ0v) is 31.7. The number of carbonyl (C=O) groups is 4. The Morgan fingerprint density at radius 1 is 0.600 bits per heavy atom. The lowest BCUT2D eigenvalue weighted by Gasteiger charge is -2.31. The molecule has 13 rings (SSSR count). The molecule has 0 spiro atoms. The lowest BCUT2D eigenvalue weighted by atomic mass is 9.85. The highest BCUT2D eigenvalue weighted by atomic mass is 16.4. The fraction of sp³-hybridized carbons (Fsp3) is 0.217. The number of imidazole rings is 2. The highest BCUT2D eigenvalue weighted by Gasteiger charge is 2.52. The van der Waals surface area contributed by atoms with Crippen LogP contribution in [0.25, 0.3) is 44.3 Å². The third kappa shape index (κ3) is 4.36. The number of hydrogen-bond donors (Lipinski definition) is 6. The number of hydrogen-bond acceptors (Lipinski definition) is 6. The molecule has 0 fully saturated rings. The minimum absolute atomic E-state index is 0.210. The van der Waals surface area contributed by atoms with Crippen molar-refractivity contribution in [3.63, 3.8) is 0 Å². The number of nitrogens with zero attached hydrogens (tertiary/aromatic N) is 4. The van der Waals surface area contributed by atoms with E-state index < -0.39 is 48.2 Å². The molecular formula is C46H34N8O6. The van der Waals surface area contributed by atoms with Crippen molar-refractivity contribution in [1.82, 2.24) is 30.6 Å². The second kappa shape index (κ2) is 11.6. The molecule has 0 saturated heterocycles. The summed E-state index contributed by atoms with van der Waals surface area (Å²) in [6.45, 7) is 0. The minimum Gasteiger partial charge on any atom is -0.465 e. The van der Waals surface area contributed by atoms with Crippen LogP contribution in [-0.4, -0.2) is 66.5 Å². The first-order valence-corrected chi connectivity index (χ1v) is 20.3. The third-order valence-corrected chi connectivity index (χ3v) is 13.9. The second-order valence-electron chi connectivity index (χ2n) is 16.8. The molecule has 60 heavy (non-hydrogen) atoms. The summed E-state index contributed by atoms with van der Waals surface area (Å²) in [4.78, 5) is 74.8. The number of carboxylic acid groups (broad SMARTS) is 2. The number of carbonyl (C=O) groups excluding carboxylic acids is 2. The molecule has 8 heterocycles. The molecule has 6 bridgehead atoms. The summed E-state index contributed by atoms with van der Waals surface area (Å²) in [5, 5.41) is 25.7. The Bertz CT molecular complexity index is 2930. The van der Waals surface area contributed by atoms with E-state index in [9.17, 15) is 19.8 Å². The number of nitrogens with one attached hydrogen (secondary N) is 4. The van der Waals surface area contributed by atoms with Gasteiger partial charge in [0.05, 0.1) is 57.1 Å². The Morgan fingerprint density at radius 3 is 1.45 bits per heavy atom. The molecule has 14 nitrogen and oxygen atoms in total. The molecule has 6 N–H and O–H groups in total. The van der Waals surface area contributed by atoms with Gasteiger partial charge in [-0.2, -0.15) is 0 Å². The molecule has 6 atom stereocenters. The number of aromatic nitrogens is 4. The van der Waals surface area contributed by atoms with E-state index in [0.29, 0.717) is 37.3 Å². The molecule has 0 radical (unpaired) electrons. The largest absolute Gasteiger partial charge is 0.465 e. The fourth-order valence-corrected chi connectivity index (χ4v) is 11.4. The predicted octanol–water partition coefficient (Wildman–Crippen LogP) is 7.00. The van der Waals surface area contributed by atoms with Crippen molar-refractivity contribution in [1.29, 1.82) is 0 Å². The number of anilines is 2. The first-order valence-electron chi connectivity index (χ1n) is 20.3. The van der Waals surface area contributed by atoms with Gasteiger partial charge in [0, 0.05) is 0 Å². The molecule has 0 aliphatic carbocycles. The van der Waals surface area contributed by atoms with Crippen molar-refractivity contribution < 1.29 is 29.4 Å². The van der Waals surface area contributed by atoms with E-state index in [1.54, 1.807) is 9.80 Å². The maximum Gasteiger partial charge on any atom is 0.406 e. The lowest BCUT2D eigenvalue weighted by Crippen LogP contribution is -2.52. The summed E-state index contributed by atoms with van der Waals surface area (Å²) in [7, 11) is 0. The monoisotopic (exact) mass is 794 g/mol. The zero-order chi connectivity index (χ0) is 40.3. The zero-order valence-electron chi connectivity index (χ0n) is 31.7. The van der Waals surface area contributed by atoms with Crippen LogP contribution in [0, 0.1) is 0 Å². The Labute approximate surface area is 340 Å². The number of H-pyrrole nitrogens is 2. The molecule has 2 unspecified atom stereocenters. The summed E-state index contributed by atoms with van der Waals surface area (Å²) in [6.07, 6.45) is -2.13. The maximum absolute atomic E-state index is 15.0. The van der Waals surface area contributed by atoms with Gasteiger partial charge in [0.25, 0.3) is 0 Å². The molecule has 6 aliphatic rings. The Morgan fingerprint density at radius 2 is 1.03 bits per heavy atom. The number of fused-ring (bicyclic) bond motifs is 8. The van der Waals surface area contributed by atoms with E-state index in [1.807, 2.05) is 48.5 Å². The van der Waals surface area contributed by atoms with E-state index >= 15 is 9.59 Å². The highest BCUT2D eigenvalue weighted by Crippen LogP contribution is 2.55. The van der Waals surface area contributed by atoms with Crippen LogP contribution in [-0.2, 0) is 22.4 Å². The van der Waals surface area contributed by atoms with Crippen LogP contribution >= 0.6 is 0 Å². The summed E-state index contributed by atoms with van der Waals surface area (Å²) in [6, 6.07) is 28.0. The van der Waals surface area contributed by atoms with Gasteiger partial charge in [0.1, 0.15) is 24.0 Å². The third-order valence-electron chi connectivity index (χ3n) is 13.9. The molecule has 4 amide bonds. The van der Waals surface area contributed by atoms with Crippen molar-refractivity contribution in [3.8, 4) is 22.3 Å². The van der Waals surface area contributed by atoms with Crippen molar-refractivity contribution in [2.45, 2.75) is 61.7 Å². The fourth-order valence-electron chi connectivity index (χ4n) is 11.4. The number of benzene rings is 5. The van der Waals surface area contributed by atoms with Crippen molar-refractivity contribution in [3.05, 3.63) is 130 Å². The number of aryl methyl sites for hydroxylation is 2. The van der Waals surface area contributed by atoms with Gasteiger partial charge >= 0.3 is 12.2 Å². The average molecular weight is 795 g/mol. The number of rotatable bonds is 4. The summed E-state index contributed by atoms with van der Waals surface area (Å²) in [5.41, 5.74) is 13.8. The van der Waals surface area contributed by atoms with Gasteiger partial charge in [-0.25, -0.2) is 19.6 Å². The van der Waals surface area contributed by atoms with Gasteiger partial charge in [-0.15, -0.1) is 0 Å². The van der Waals surface area contributed by atoms with Crippen LogP contribution in [0.4, 0.5) is 21.0 Å². The van der Waals surface area contributed by atoms with Crippen LogP contribution in [0.2, 0.25) is 0 Å². The first kappa shape index (κ1) is 33.5. The van der Waals surface area contributed by atoms with Gasteiger partial charge in [0.15, 0.2) is 0 Å². The van der Waals surface area contributed by atoms with Gasteiger partial charge in [-0.3, -0.25) is 30.0 Å². The van der Waals surface area contributed by atoms with Crippen LogP contribution in [0.1, 0.15) is 81.5 Å². The van der Waals surface area contributed by atoms with Gasteiger partial charge in [-0.1, -0.05) is 60.7 Å². The van der Waals surface area contributed by atoms with Crippen molar-refractivity contribution in [2.24, 2.45) is 0 Å². The maximum atomic E-state index is 15.0. The SMILES string of the molecule is O=C(O)N[C@@H]1C2c3nc4ccc(cc4[nH]3)-c3ccc4c(c32)N1C(=O)[C@H](c1ccc([C@@H]2CCc3ccc5c6c3N(C2=O)[C@H](NC(=O)O)C6c2nc3ccc-5cc3[nH]2)cc1)CC4. The van der Waals surface area contributed by atoms with Crippen LogP contribution < -0.4 is 20.4 Å². The van der Waals surface area contributed by atoms with Crippen LogP contribution in [0.5, 0.6) is 0 Å². The second-order valence-corrected chi connectivity index (χ2v) is 16.8. The van der Waals surface area contributed by atoms with E-state index in [2.05, 4.69) is 57.0 Å². The predicted molar refractivity (Wildman–Crippen MR) is 220 cm³/mol. The normalized spacial score (nSPS) is 23.7. The standard InChI is InChI=1S/C46H34N8O6/c55-43-27(13-7-21-5-11-25-23-9-15-29-31(17-23)49-39(47-29)35-33(25)37(21)53(43)41(35)51-45(57)58)19-1-2-20(4-3-19)28-14-8-22-6-12-26-24-10-16-30-32(18-24)50-40(48-30)36-34(26)38(22)54(44(28)56)42(36)52-46(59)60/h1-6,9-12,15-18,27-28,35-36,41-42,51-52H,7-8,13-14H2,(H,47,49)(H,48,50)(H,57,58)(H,59,60)/t27-,28-,35?,36?,41-,42-/m0/s1. The van der Waals surface area contributed by atoms with E-state index in [-0.39, 0.29) is 11.8 Å². The molecular weight excluding hydrogens is 761 g/mol. The van der Waals surface area contributed by atoms with Gasteiger partial charge in [0.2, 0.25) is 11.8 Å². The van der Waals surface area contributed by atoms with Gasteiger partial charge in [-0.05, 0) is 106 Å². The van der Waals surface area contributed by atoms with Crippen molar-refractivity contribution >= 4 is 57.4 Å². The minimum atomic E-state index is -1.24. The van der Waals surface area contributed by atoms with Crippen LogP contribution in [0.3, 0.4) is 0 Å². The number of amides is 4. The van der Waals surface area contributed by atoms with E-state index in [4.69, 9.17) is 9.97 Å². The topological polar surface area (TPSA) is 197 Å². The molecule has 0 saturated carbocycles. The Kier molecular flexibility index (Phi) is 6.47. The summed E-state index contributed by atoms with van der Waals surface area (Å²) in [5.74, 6) is -1.50. The molecule has 14 heteroatoms. The van der Waals surface area contributed by atoms with Crippen molar-refractivity contribution in [2.75, 3.05) is 9.80 Å². The first-order chi connectivity index (χ1) is 29.2. The van der Waals surface area contributed by atoms with E-state index in [1.165, 1.54) is 0 Å². The lowest BCUT2D eigenvalue weighted by molar-refractivity contribution is -0.121. The number of aromatic amines is 2. The molecule has 6 aliphatic heterocycles. The Balaban J connectivity index is 0.868.